The fraction of sp³-hybridized carbons (Fsp3) is 0.842. The molecular formula is C19H30BrN3O5. The molecule has 9 heteroatoms. The van der Waals surface area contributed by atoms with E-state index in [1.807, 2.05) is 6.92 Å². The van der Waals surface area contributed by atoms with E-state index >= 15 is 0 Å². The highest BCUT2D eigenvalue weighted by Gasteiger charge is 2.76. The summed E-state index contributed by atoms with van der Waals surface area (Å²) < 4.78 is 6.29. The number of carbonyl (C=O) groups is 3. The molecule has 0 aromatic carbocycles. The summed E-state index contributed by atoms with van der Waals surface area (Å²) in [7, 11) is 1.55. The number of nitrogens with one attached hydrogen (secondary N) is 2. The van der Waals surface area contributed by atoms with Crippen LogP contribution >= 0.6 is 15.9 Å². The molecule has 158 valence electrons. The number of aliphatic hydroxyl groups excluding tert-OH is 1. The summed E-state index contributed by atoms with van der Waals surface area (Å²) in [5, 5.41) is 14.9. The summed E-state index contributed by atoms with van der Waals surface area (Å²) in [4.78, 5) is 40.6. The van der Waals surface area contributed by atoms with Crippen LogP contribution in [0.3, 0.4) is 0 Å². The zero-order valence-corrected chi connectivity index (χ0v) is 18.2. The summed E-state index contributed by atoms with van der Waals surface area (Å²) in [5.41, 5.74) is -1.02. The van der Waals surface area contributed by atoms with Crippen LogP contribution in [0.2, 0.25) is 0 Å². The number of hydrogen-bond donors (Lipinski definition) is 3. The maximum atomic E-state index is 13.3. The number of aliphatic hydroxyl groups is 1. The maximum absolute atomic E-state index is 13.3. The molecule has 3 aliphatic heterocycles. The molecule has 0 aromatic rings. The third kappa shape index (κ3) is 3.25. The predicted octanol–water partition coefficient (Wildman–Crippen LogP) is 0.168. The van der Waals surface area contributed by atoms with Gasteiger partial charge in [0.05, 0.1) is 17.9 Å². The number of carbonyl (C=O) groups excluding carboxylic acids is 3. The van der Waals surface area contributed by atoms with Crippen LogP contribution in [0.5, 0.6) is 0 Å². The summed E-state index contributed by atoms with van der Waals surface area (Å²) in [6.07, 6.45) is 2.21. The third-order valence-corrected chi connectivity index (χ3v) is 7.10. The Bertz CT molecular complexity index is 647. The van der Waals surface area contributed by atoms with Gasteiger partial charge in [0.2, 0.25) is 17.7 Å². The molecule has 8 nitrogen and oxygen atoms in total. The Balaban J connectivity index is 1.97. The lowest BCUT2D eigenvalue weighted by atomic mass is 9.70. The number of fused-ring (bicyclic) bond motifs is 1. The topological polar surface area (TPSA) is 108 Å². The second kappa shape index (κ2) is 8.28. The van der Waals surface area contributed by atoms with E-state index in [9.17, 15) is 19.5 Å². The number of amides is 3. The van der Waals surface area contributed by atoms with Gasteiger partial charge in [-0.25, -0.2) is 0 Å². The Morgan fingerprint density at radius 2 is 2.14 bits per heavy atom. The molecule has 0 saturated carbocycles. The van der Waals surface area contributed by atoms with Crippen molar-refractivity contribution in [2.24, 2.45) is 11.8 Å². The quantitative estimate of drug-likeness (QED) is 0.448. The first kappa shape index (κ1) is 21.5. The van der Waals surface area contributed by atoms with Crippen LogP contribution < -0.4 is 10.6 Å². The zero-order valence-electron chi connectivity index (χ0n) is 16.6. The summed E-state index contributed by atoms with van der Waals surface area (Å²) >= 11 is 3.60. The summed E-state index contributed by atoms with van der Waals surface area (Å²) in [6, 6.07) is -0.814. The number of hydrogen-bond acceptors (Lipinski definition) is 5. The second-order valence-corrected chi connectivity index (χ2v) is 9.26. The number of nitrogens with zero attached hydrogens (tertiary/aromatic N) is 1. The van der Waals surface area contributed by atoms with Crippen LogP contribution in [-0.2, 0) is 19.1 Å². The molecule has 3 N–H and O–H groups in total. The van der Waals surface area contributed by atoms with E-state index in [4.69, 9.17) is 4.74 Å². The molecule has 2 bridgehead atoms. The molecule has 3 rings (SSSR count). The minimum absolute atomic E-state index is 0.0177. The van der Waals surface area contributed by atoms with Gasteiger partial charge in [0.15, 0.2) is 0 Å². The number of ether oxygens (including phenoxy) is 1. The Morgan fingerprint density at radius 1 is 1.43 bits per heavy atom. The largest absolute Gasteiger partial charge is 0.396 e. The molecule has 0 radical (unpaired) electrons. The Morgan fingerprint density at radius 3 is 2.75 bits per heavy atom. The maximum Gasteiger partial charge on any atom is 0.246 e. The van der Waals surface area contributed by atoms with Gasteiger partial charge in [0, 0.05) is 31.1 Å². The molecule has 4 unspecified atom stereocenters. The van der Waals surface area contributed by atoms with Crippen molar-refractivity contribution in [3.8, 4) is 0 Å². The molecule has 3 saturated heterocycles. The fourth-order valence-electron chi connectivity index (χ4n) is 5.20. The van der Waals surface area contributed by atoms with Crippen molar-refractivity contribution in [1.29, 1.82) is 0 Å². The molecule has 7 atom stereocenters. The van der Waals surface area contributed by atoms with Crippen LogP contribution in [0.15, 0.2) is 0 Å². The van der Waals surface area contributed by atoms with Crippen LogP contribution in [0.25, 0.3) is 0 Å². The molecule has 3 aliphatic rings. The molecule has 3 heterocycles. The average Bonchev–Trinajstić information content (AvgIpc) is 3.23. The van der Waals surface area contributed by atoms with Gasteiger partial charge in [-0.3, -0.25) is 14.4 Å². The van der Waals surface area contributed by atoms with Crippen molar-refractivity contribution in [3.63, 3.8) is 0 Å². The predicted molar refractivity (Wildman–Crippen MR) is 106 cm³/mol. The summed E-state index contributed by atoms with van der Waals surface area (Å²) in [5.74, 6) is -2.02. The van der Waals surface area contributed by atoms with E-state index in [-0.39, 0.29) is 41.7 Å². The fourth-order valence-corrected chi connectivity index (χ4v) is 6.15. The second-order valence-electron chi connectivity index (χ2n) is 8.08. The van der Waals surface area contributed by atoms with Crippen molar-refractivity contribution in [1.82, 2.24) is 15.5 Å². The normalized spacial score (nSPS) is 37.1. The molecule has 3 amide bonds. The molecule has 0 aliphatic carbocycles. The van der Waals surface area contributed by atoms with Crippen LogP contribution in [-0.4, -0.2) is 76.5 Å². The Kier molecular flexibility index (Phi) is 6.36. The SMILES string of the molecule is CCCC(C)NC(=O)C1N(CCCO)C(=O)[C@@H]2[C@H](C(=O)NC)[C@H]3OC12CC3Br. The van der Waals surface area contributed by atoms with Gasteiger partial charge in [0.1, 0.15) is 11.6 Å². The molecule has 0 aromatic heterocycles. The smallest absolute Gasteiger partial charge is 0.246 e. The van der Waals surface area contributed by atoms with E-state index < -0.39 is 29.6 Å². The van der Waals surface area contributed by atoms with Gasteiger partial charge in [-0.1, -0.05) is 29.3 Å². The molecular weight excluding hydrogens is 430 g/mol. The standard InChI is InChI=1S/C19H30BrN3O5/c1-4-6-10(2)22-17(26)15-19-9-11(20)14(28-19)12(16(25)21-3)13(19)18(27)23(15)7-5-8-24/h10-15,24H,4-9H2,1-3H3,(H,21,25)(H,22,26)/t10?,11?,12-,13-,14-,15?,19?/m0/s1. The van der Waals surface area contributed by atoms with Gasteiger partial charge in [-0.05, 0) is 26.2 Å². The van der Waals surface area contributed by atoms with E-state index in [0.717, 1.165) is 12.8 Å². The number of rotatable bonds is 8. The lowest BCUT2D eigenvalue weighted by Crippen LogP contribution is -2.57. The lowest BCUT2D eigenvalue weighted by molar-refractivity contribution is -0.142. The van der Waals surface area contributed by atoms with Crippen molar-refractivity contribution in [3.05, 3.63) is 0 Å². The van der Waals surface area contributed by atoms with Crippen molar-refractivity contribution >= 4 is 33.7 Å². The first-order chi connectivity index (χ1) is 13.3. The lowest BCUT2D eigenvalue weighted by Gasteiger charge is -2.34. The van der Waals surface area contributed by atoms with E-state index in [0.29, 0.717) is 12.8 Å². The minimum Gasteiger partial charge on any atom is -0.396 e. The van der Waals surface area contributed by atoms with Gasteiger partial charge in [0.25, 0.3) is 0 Å². The van der Waals surface area contributed by atoms with E-state index in [1.165, 1.54) is 4.90 Å². The molecule has 1 spiro atoms. The third-order valence-electron chi connectivity index (χ3n) is 6.25. The monoisotopic (exact) mass is 459 g/mol. The number of alkyl halides is 1. The van der Waals surface area contributed by atoms with E-state index in [1.54, 1.807) is 7.05 Å². The van der Waals surface area contributed by atoms with Crippen molar-refractivity contribution in [2.75, 3.05) is 20.2 Å². The highest BCUT2D eigenvalue weighted by molar-refractivity contribution is 9.09. The number of halogens is 1. The van der Waals surface area contributed by atoms with Gasteiger partial charge < -0.3 is 25.4 Å². The highest BCUT2D eigenvalue weighted by atomic mass is 79.9. The summed E-state index contributed by atoms with van der Waals surface area (Å²) in [6.45, 7) is 4.18. The van der Waals surface area contributed by atoms with Crippen LogP contribution in [0.1, 0.15) is 39.5 Å². The van der Waals surface area contributed by atoms with Crippen LogP contribution in [0.4, 0.5) is 0 Å². The van der Waals surface area contributed by atoms with Crippen molar-refractivity contribution in [2.45, 2.75) is 68.1 Å². The van der Waals surface area contributed by atoms with Gasteiger partial charge in [-0.15, -0.1) is 0 Å². The Hall–Kier alpha value is -1.19. The van der Waals surface area contributed by atoms with Crippen molar-refractivity contribution < 1.29 is 24.2 Å². The zero-order chi connectivity index (χ0) is 20.6. The highest BCUT2D eigenvalue weighted by Crippen LogP contribution is 2.59. The van der Waals surface area contributed by atoms with Gasteiger partial charge >= 0.3 is 0 Å². The van der Waals surface area contributed by atoms with Crippen LogP contribution in [0, 0.1) is 11.8 Å². The minimum atomic E-state index is -1.02. The number of likely N-dealkylation sites (tertiary alicyclic amines) is 1. The van der Waals surface area contributed by atoms with E-state index in [2.05, 4.69) is 33.5 Å². The average molecular weight is 460 g/mol. The first-order valence-corrected chi connectivity index (χ1v) is 11.0. The van der Waals surface area contributed by atoms with Gasteiger partial charge in [-0.2, -0.15) is 0 Å². The molecule has 3 fully saturated rings. The molecule has 28 heavy (non-hydrogen) atoms. The Labute approximate surface area is 173 Å². The first-order valence-electron chi connectivity index (χ1n) is 10.1.